The Balaban J connectivity index is 2.10. The maximum absolute atomic E-state index is 11.7. The smallest absolute Gasteiger partial charge is 0.335 e. The first-order valence-electron chi connectivity index (χ1n) is 6.04. The monoisotopic (exact) mass is 184 g/mol. The maximum Gasteiger partial charge on any atom is 0.335 e. The molecule has 0 radical (unpaired) electrons. The van der Waals surface area contributed by atoms with Crippen LogP contribution in [-0.2, 0) is 9.53 Å². The summed E-state index contributed by atoms with van der Waals surface area (Å²) >= 11 is 0. The number of carbonyl (C=O) groups is 1. The number of fused-ring (bicyclic) bond motifs is 2. The van der Waals surface area contributed by atoms with Crippen molar-refractivity contribution in [1.82, 2.24) is 4.90 Å². The lowest BCUT2D eigenvalue weighted by atomic mass is 10.0. The van der Waals surface area contributed by atoms with Gasteiger partial charge in [-0.2, -0.15) is 0 Å². The summed E-state index contributed by atoms with van der Waals surface area (Å²) in [5.41, 5.74) is 0.507. The van der Waals surface area contributed by atoms with Gasteiger partial charge >= 0.3 is 5.97 Å². The molecule has 0 amide bonds. The summed E-state index contributed by atoms with van der Waals surface area (Å²) in [6.45, 7) is 0. The summed E-state index contributed by atoms with van der Waals surface area (Å²) in [4.78, 5) is 13.8. The van der Waals surface area contributed by atoms with E-state index in [0.29, 0.717) is 11.6 Å². The van der Waals surface area contributed by atoms with Crippen molar-refractivity contribution in [3.05, 3.63) is 11.6 Å². The highest BCUT2D eigenvalue weighted by Crippen LogP contribution is 2.34. The largest absolute Gasteiger partial charge is 0.466 e. The van der Waals surface area contributed by atoms with Crippen LogP contribution < -0.4 is 0 Å². The van der Waals surface area contributed by atoms with Gasteiger partial charge in [-0.1, -0.05) is 6.08 Å². The van der Waals surface area contributed by atoms with Gasteiger partial charge in [-0.15, -0.1) is 0 Å². The summed E-state index contributed by atoms with van der Waals surface area (Å²) in [6.07, 6.45) is 4.60. The molecule has 0 N–H and O–H groups in total. The van der Waals surface area contributed by atoms with Gasteiger partial charge in [0.1, 0.15) is 0 Å². The van der Waals surface area contributed by atoms with Crippen molar-refractivity contribution in [1.29, 1.82) is 0 Å². The van der Waals surface area contributed by atoms with Crippen molar-refractivity contribution < 1.29 is 13.6 Å². The van der Waals surface area contributed by atoms with Crippen LogP contribution in [-0.4, -0.2) is 37.0 Å². The first-order chi connectivity index (χ1) is 7.38. The number of hydrogen-bond donors (Lipinski definition) is 0. The minimum atomic E-state index is -2.65. The first-order valence-corrected chi connectivity index (χ1v) is 4.54. The molecular weight excluding hydrogens is 166 g/mol. The van der Waals surface area contributed by atoms with E-state index in [2.05, 4.69) is 9.64 Å². The topological polar surface area (TPSA) is 29.5 Å². The summed E-state index contributed by atoms with van der Waals surface area (Å²) in [7, 11) is -0.677. The van der Waals surface area contributed by atoms with Crippen LogP contribution in [0.15, 0.2) is 11.6 Å². The molecule has 2 atom stereocenters. The van der Waals surface area contributed by atoms with Crippen LogP contribution in [0.4, 0.5) is 0 Å². The van der Waals surface area contributed by atoms with E-state index in [-0.39, 0.29) is 6.04 Å². The van der Waals surface area contributed by atoms with Crippen molar-refractivity contribution in [2.45, 2.75) is 31.3 Å². The van der Waals surface area contributed by atoms with Crippen LogP contribution >= 0.6 is 0 Å². The van der Waals surface area contributed by atoms with E-state index >= 15 is 0 Å². The van der Waals surface area contributed by atoms with Gasteiger partial charge in [0.05, 0.1) is 16.7 Å². The van der Waals surface area contributed by atoms with Crippen LogP contribution in [0.1, 0.15) is 23.4 Å². The zero-order valence-electron chi connectivity index (χ0n) is 10.6. The second kappa shape index (κ2) is 3.14. The molecule has 72 valence electrons. The number of hydrogen-bond acceptors (Lipinski definition) is 3. The van der Waals surface area contributed by atoms with Crippen LogP contribution in [0.25, 0.3) is 0 Å². The number of methoxy groups -OCH3 is 1. The van der Waals surface area contributed by atoms with Crippen LogP contribution in [0.5, 0.6) is 0 Å². The molecule has 0 spiro atoms. The average molecular weight is 184 g/mol. The molecule has 3 nitrogen and oxygen atoms in total. The predicted octanol–water partition coefficient (Wildman–Crippen LogP) is 0.952. The average Bonchev–Trinajstić information content (AvgIpc) is 2.41. The van der Waals surface area contributed by atoms with Gasteiger partial charge < -0.3 is 4.74 Å². The van der Waals surface area contributed by atoms with E-state index in [1.807, 2.05) is 13.1 Å². The van der Waals surface area contributed by atoms with E-state index in [9.17, 15) is 4.79 Å². The molecule has 0 saturated carbocycles. The second-order valence-electron chi connectivity index (χ2n) is 3.70. The molecule has 0 aliphatic carbocycles. The minimum Gasteiger partial charge on any atom is -0.466 e. The fourth-order valence-corrected chi connectivity index (χ4v) is 2.35. The van der Waals surface area contributed by atoms with E-state index in [1.165, 1.54) is 0 Å². The molecular formula is C10H15NO2. The molecule has 0 aromatic heterocycles. The fraction of sp³-hybridized carbons (Fsp3) is 0.700. The van der Waals surface area contributed by atoms with Gasteiger partial charge in [0, 0.05) is 12.1 Å². The number of nitrogens with zero attached hydrogens (tertiary/aromatic N) is 1. The third-order valence-corrected chi connectivity index (χ3v) is 3.14. The molecule has 0 aromatic rings. The number of carbonyl (C=O) groups excluding carboxylic acids is 1. The third-order valence-electron chi connectivity index (χ3n) is 3.14. The van der Waals surface area contributed by atoms with Crippen molar-refractivity contribution in [2.75, 3.05) is 14.1 Å². The highest BCUT2D eigenvalue weighted by Gasteiger charge is 2.38. The molecule has 2 aliphatic rings. The van der Waals surface area contributed by atoms with Gasteiger partial charge in [-0.3, -0.25) is 4.90 Å². The van der Waals surface area contributed by atoms with Crippen LogP contribution in [0.2, 0.25) is 0 Å². The SMILES string of the molecule is [2H]C([2H])([2H])OC(=O)C1=CC[C@@H]2CC[C@H]1N2C. The zero-order valence-corrected chi connectivity index (χ0v) is 7.62. The quantitative estimate of drug-likeness (QED) is 0.568. The molecule has 2 aliphatic heterocycles. The molecule has 0 aromatic carbocycles. The normalized spacial score (nSPS) is 37.3. The van der Waals surface area contributed by atoms with Crippen LogP contribution in [0, 0.1) is 0 Å². The molecule has 2 heterocycles. The number of ether oxygens (including phenoxy) is 1. The Morgan fingerprint density at radius 1 is 1.77 bits per heavy atom. The number of esters is 1. The number of rotatable bonds is 1. The maximum atomic E-state index is 11.7. The van der Waals surface area contributed by atoms with Crippen molar-refractivity contribution in [3.8, 4) is 0 Å². The van der Waals surface area contributed by atoms with Crippen LogP contribution in [0.3, 0.4) is 0 Å². The van der Waals surface area contributed by atoms with Gasteiger partial charge in [0.2, 0.25) is 0 Å². The van der Waals surface area contributed by atoms with E-state index in [1.54, 1.807) is 0 Å². The Morgan fingerprint density at radius 2 is 2.62 bits per heavy atom. The van der Waals surface area contributed by atoms with Gasteiger partial charge in [0.15, 0.2) is 0 Å². The Kier molecular flexibility index (Phi) is 1.40. The Morgan fingerprint density at radius 3 is 3.38 bits per heavy atom. The molecule has 13 heavy (non-hydrogen) atoms. The fourth-order valence-electron chi connectivity index (χ4n) is 2.35. The van der Waals surface area contributed by atoms with Crippen molar-refractivity contribution in [3.63, 3.8) is 0 Å². The lowest BCUT2D eigenvalue weighted by Gasteiger charge is -2.30. The highest BCUT2D eigenvalue weighted by atomic mass is 16.5. The van der Waals surface area contributed by atoms with E-state index in [4.69, 9.17) is 4.11 Å². The number of likely N-dealkylation sites (N-methyl/N-ethyl adjacent to an activating group) is 1. The Bertz CT molecular complexity index is 337. The predicted molar refractivity (Wildman–Crippen MR) is 49.3 cm³/mol. The van der Waals surface area contributed by atoms with Gasteiger partial charge in [-0.05, 0) is 26.3 Å². The van der Waals surface area contributed by atoms with Gasteiger partial charge in [0.25, 0.3) is 0 Å². The molecule has 2 bridgehead atoms. The second-order valence-corrected chi connectivity index (χ2v) is 3.70. The van der Waals surface area contributed by atoms with Gasteiger partial charge in [-0.25, -0.2) is 4.79 Å². The Hall–Kier alpha value is -0.830. The summed E-state index contributed by atoms with van der Waals surface area (Å²) in [6, 6.07) is 0.530. The van der Waals surface area contributed by atoms with Crippen molar-refractivity contribution >= 4 is 5.97 Å². The third kappa shape index (κ3) is 1.27. The van der Waals surface area contributed by atoms with E-state index < -0.39 is 13.0 Å². The van der Waals surface area contributed by atoms with Crippen molar-refractivity contribution in [2.24, 2.45) is 0 Å². The molecule has 0 unspecified atom stereocenters. The lowest BCUT2D eigenvalue weighted by molar-refractivity contribution is -0.136. The zero-order chi connectivity index (χ0) is 11.9. The van der Waals surface area contributed by atoms with E-state index in [0.717, 1.165) is 19.3 Å². The first kappa shape index (κ1) is 5.81. The summed E-state index contributed by atoms with van der Waals surface area (Å²) in [5.74, 6) is -0.697. The molecule has 2 rings (SSSR count). The molecule has 1 fully saturated rings. The Labute approximate surface area is 82.6 Å². The molecule has 1 saturated heterocycles. The minimum absolute atomic E-state index is 0.0357. The standard InChI is InChI=1S/C10H15NO2/c1-11-7-3-5-8(10(12)13-2)9(11)6-4-7/h5,7,9H,3-4,6H2,1-2H3/t7-,9-/m1/s1/i2D3. The highest BCUT2D eigenvalue weighted by molar-refractivity contribution is 5.90. The summed E-state index contributed by atoms with van der Waals surface area (Å²) < 4.78 is 25.2. The molecule has 3 heteroatoms. The lowest BCUT2D eigenvalue weighted by Crippen LogP contribution is -2.38. The summed E-state index contributed by atoms with van der Waals surface area (Å²) in [5, 5.41) is 0.